The summed E-state index contributed by atoms with van der Waals surface area (Å²) >= 11 is 0. The lowest BCUT2D eigenvalue weighted by atomic mass is 10.1. The van der Waals surface area contributed by atoms with Crippen molar-refractivity contribution in [2.24, 2.45) is 0 Å². The minimum atomic E-state index is -4.75. The Morgan fingerprint density at radius 2 is 2.10 bits per heavy atom. The molecular formula is C14H18F3NO3. The van der Waals surface area contributed by atoms with E-state index in [0.717, 1.165) is 12.8 Å². The number of hydrogen-bond donors (Lipinski definition) is 1. The van der Waals surface area contributed by atoms with Crippen LogP contribution in [0.4, 0.5) is 18.9 Å². The number of halogens is 3. The molecule has 1 aromatic carbocycles. The Kier molecular flexibility index (Phi) is 6.33. The molecule has 1 aromatic rings. The Morgan fingerprint density at radius 3 is 2.67 bits per heavy atom. The van der Waals surface area contributed by atoms with Crippen molar-refractivity contribution in [3.63, 3.8) is 0 Å². The molecule has 21 heavy (non-hydrogen) atoms. The van der Waals surface area contributed by atoms with Crippen LogP contribution in [0.1, 0.15) is 26.2 Å². The highest BCUT2D eigenvalue weighted by Gasteiger charge is 2.31. The molecule has 0 aliphatic rings. The zero-order valence-electron chi connectivity index (χ0n) is 11.9. The average molecular weight is 305 g/mol. The molecule has 0 spiro atoms. The van der Waals surface area contributed by atoms with E-state index in [1.807, 2.05) is 6.92 Å². The highest BCUT2D eigenvalue weighted by Crippen LogP contribution is 2.25. The Bertz CT molecular complexity index is 463. The molecule has 0 amide bonds. The third-order valence-corrected chi connectivity index (χ3v) is 2.74. The first-order valence-electron chi connectivity index (χ1n) is 6.56. The number of carbonyl (C=O) groups is 1. The number of unbranched alkanes of at least 4 members (excludes halogenated alkanes) is 1. The van der Waals surface area contributed by atoms with E-state index >= 15 is 0 Å². The molecule has 1 atom stereocenters. The fraction of sp³-hybridized carbons (Fsp3) is 0.500. The highest BCUT2D eigenvalue weighted by atomic mass is 19.4. The van der Waals surface area contributed by atoms with Crippen molar-refractivity contribution in [3.05, 3.63) is 24.3 Å². The first-order chi connectivity index (χ1) is 9.85. The van der Waals surface area contributed by atoms with Crippen LogP contribution in [0.25, 0.3) is 0 Å². The Hall–Kier alpha value is -1.92. The number of rotatable bonds is 7. The third kappa shape index (κ3) is 6.37. The van der Waals surface area contributed by atoms with Crippen molar-refractivity contribution in [1.82, 2.24) is 0 Å². The monoisotopic (exact) mass is 305 g/mol. The summed E-state index contributed by atoms with van der Waals surface area (Å²) in [6.07, 6.45) is -2.52. The average Bonchev–Trinajstić information content (AvgIpc) is 2.41. The van der Waals surface area contributed by atoms with Crippen molar-refractivity contribution >= 4 is 11.7 Å². The molecule has 0 heterocycles. The van der Waals surface area contributed by atoms with Gasteiger partial charge in [-0.05, 0) is 18.6 Å². The highest BCUT2D eigenvalue weighted by molar-refractivity contribution is 5.79. The molecule has 118 valence electrons. The van der Waals surface area contributed by atoms with E-state index in [9.17, 15) is 18.0 Å². The van der Waals surface area contributed by atoms with Crippen molar-refractivity contribution in [3.8, 4) is 5.75 Å². The van der Waals surface area contributed by atoms with Crippen molar-refractivity contribution in [1.29, 1.82) is 0 Å². The molecular weight excluding hydrogens is 287 g/mol. The Labute approximate surface area is 121 Å². The van der Waals surface area contributed by atoms with E-state index < -0.39 is 18.4 Å². The van der Waals surface area contributed by atoms with Crippen LogP contribution in [0, 0.1) is 0 Å². The largest absolute Gasteiger partial charge is 0.573 e. The summed E-state index contributed by atoms with van der Waals surface area (Å²) in [4.78, 5) is 11.6. The van der Waals surface area contributed by atoms with E-state index in [1.54, 1.807) is 6.07 Å². The van der Waals surface area contributed by atoms with Crippen molar-refractivity contribution < 1.29 is 27.4 Å². The lowest BCUT2D eigenvalue weighted by Crippen LogP contribution is -2.30. The molecule has 4 nitrogen and oxygen atoms in total. The minimum absolute atomic E-state index is 0.341. The number of hydrogen-bond acceptors (Lipinski definition) is 4. The van der Waals surface area contributed by atoms with E-state index in [4.69, 9.17) is 0 Å². The Balaban J connectivity index is 2.78. The molecule has 1 rings (SSSR count). The smallest absolute Gasteiger partial charge is 0.467 e. The molecule has 0 aliphatic heterocycles. The molecule has 0 saturated carbocycles. The van der Waals surface area contributed by atoms with Crippen molar-refractivity contribution in [2.45, 2.75) is 38.6 Å². The van der Waals surface area contributed by atoms with Crippen LogP contribution < -0.4 is 10.1 Å². The number of esters is 1. The second kappa shape index (κ2) is 7.75. The van der Waals surface area contributed by atoms with Gasteiger partial charge < -0.3 is 14.8 Å². The second-order valence-corrected chi connectivity index (χ2v) is 4.44. The van der Waals surface area contributed by atoms with Gasteiger partial charge >= 0.3 is 12.3 Å². The van der Waals surface area contributed by atoms with Crippen LogP contribution in [-0.4, -0.2) is 25.5 Å². The topological polar surface area (TPSA) is 47.6 Å². The SMILES string of the molecule is CCCCC(Nc1cccc(OC(F)(F)F)c1)C(=O)OC. The molecule has 1 unspecified atom stereocenters. The normalized spacial score (nSPS) is 12.6. The molecule has 0 bridgehead atoms. The van der Waals surface area contributed by atoms with Gasteiger partial charge in [0.2, 0.25) is 0 Å². The number of alkyl halides is 3. The first kappa shape index (κ1) is 17.1. The molecule has 0 fully saturated rings. The molecule has 0 saturated heterocycles. The molecule has 1 N–H and O–H groups in total. The van der Waals surface area contributed by atoms with Crippen LogP contribution in [0.2, 0.25) is 0 Å². The summed E-state index contributed by atoms with van der Waals surface area (Å²) < 4.78 is 45.0. The van der Waals surface area contributed by atoms with E-state index in [1.165, 1.54) is 25.3 Å². The van der Waals surface area contributed by atoms with Crippen LogP contribution >= 0.6 is 0 Å². The van der Waals surface area contributed by atoms with Gasteiger partial charge in [0, 0.05) is 11.8 Å². The van der Waals surface area contributed by atoms with Crippen molar-refractivity contribution in [2.75, 3.05) is 12.4 Å². The predicted octanol–water partition coefficient (Wildman–Crippen LogP) is 3.73. The van der Waals surface area contributed by atoms with Gasteiger partial charge in [-0.3, -0.25) is 0 Å². The first-order valence-corrected chi connectivity index (χ1v) is 6.56. The van der Waals surface area contributed by atoms with Gasteiger partial charge in [0.1, 0.15) is 11.8 Å². The molecule has 0 radical (unpaired) electrons. The number of nitrogens with one attached hydrogen (secondary N) is 1. The predicted molar refractivity (Wildman–Crippen MR) is 72.1 cm³/mol. The van der Waals surface area contributed by atoms with Gasteiger partial charge in [-0.25, -0.2) is 4.79 Å². The summed E-state index contributed by atoms with van der Waals surface area (Å²) in [5, 5.41) is 2.87. The maximum absolute atomic E-state index is 12.2. The maximum Gasteiger partial charge on any atom is 0.573 e. The lowest BCUT2D eigenvalue weighted by Gasteiger charge is -2.18. The summed E-state index contributed by atoms with van der Waals surface area (Å²) in [7, 11) is 1.27. The van der Waals surface area contributed by atoms with Gasteiger partial charge in [0.05, 0.1) is 7.11 Å². The quantitative estimate of drug-likeness (QED) is 0.780. The van der Waals surface area contributed by atoms with Gasteiger partial charge in [-0.1, -0.05) is 25.8 Å². The number of methoxy groups -OCH3 is 1. The summed E-state index contributed by atoms with van der Waals surface area (Å²) in [5.74, 6) is -0.794. The molecule has 7 heteroatoms. The minimum Gasteiger partial charge on any atom is -0.467 e. The summed E-state index contributed by atoms with van der Waals surface area (Å²) in [5.41, 5.74) is 0.364. The number of anilines is 1. The van der Waals surface area contributed by atoms with E-state index in [0.29, 0.717) is 12.1 Å². The fourth-order valence-corrected chi connectivity index (χ4v) is 1.78. The van der Waals surface area contributed by atoms with Gasteiger partial charge in [-0.2, -0.15) is 0 Å². The van der Waals surface area contributed by atoms with Crippen LogP contribution in [0.3, 0.4) is 0 Å². The van der Waals surface area contributed by atoms with Crippen LogP contribution in [-0.2, 0) is 9.53 Å². The van der Waals surface area contributed by atoms with Gasteiger partial charge in [-0.15, -0.1) is 13.2 Å². The lowest BCUT2D eigenvalue weighted by molar-refractivity contribution is -0.274. The van der Waals surface area contributed by atoms with Gasteiger partial charge in [0.15, 0.2) is 0 Å². The van der Waals surface area contributed by atoms with E-state index in [2.05, 4.69) is 14.8 Å². The zero-order valence-corrected chi connectivity index (χ0v) is 11.9. The zero-order chi connectivity index (χ0) is 15.9. The molecule has 0 aromatic heterocycles. The maximum atomic E-state index is 12.2. The third-order valence-electron chi connectivity index (χ3n) is 2.74. The Morgan fingerprint density at radius 1 is 1.38 bits per heavy atom. The van der Waals surface area contributed by atoms with Crippen LogP contribution in [0.15, 0.2) is 24.3 Å². The second-order valence-electron chi connectivity index (χ2n) is 4.44. The standard InChI is InChI=1S/C14H18F3NO3/c1-3-4-8-12(13(19)20-2)18-10-6-5-7-11(9-10)21-14(15,16)17/h5-7,9,12,18H,3-4,8H2,1-2H3. The summed E-state index contributed by atoms with van der Waals surface area (Å²) in [6.45, 7) is 1.98. The number of benzene rings is 1. The van der Waals surface area contributed by atoms with Gasteiger partial charge in [0.25, 0.3) is 0 Å². The summed E-state index contributed by atoms with van der Waals surface area (Å²) in [6, 6.07) is 4.76. The van der Waals surface area contributed by atoms with E-state index in [-0.39, 0.29) is 5.75 Å². The van der Waals surface area contributed by atoms with Crippen LogP contribution in [0.5, 0.6) is 5.75 Å². The molecule has 0 aliphatic carbocycles. The number of carbonyl (C=O) groups excluding carboxylic acids is 1. The number of ether oxygens (including phenoxy) is 2. The fourth-order valence-electron chi connectivity index (χ4n) is 1.78.